The number of amides is 2. The van der Waals surface area contributed by atoms with Gasteiger partial charge in [0.15, 0.2) is 5.11 Å². The molecule has 2 amide bonds. The summed E-state index contributed by atoms with van der Waals surface area (Å²) in [5, 5.41) is 3.44. The van der Waals surface area contributed by atoms with E-state index in [2.05, 4.69) is 5.32 Å². The Bertz CT molecular complexity index is 1240. The average Bonchev–Trinajstić information content (AvgIpc) is 3.09. The smallest absolute Gasteiger partial charge is 0.252 e. The number of benzene rings is 3. The second kappa shape index (κ2) is 11.4. The van der Waals surface area contributed by atoms with Gasteiger partial charge in [-0.1, -0.05) is 60.2 Å². The molecule has 0 bridgehead atoms. The summed E-state index contributed by atoms with van der Waals surface area (Å²) in [5.74, 6) is 0.439. The minimum absolute atomic E-state index is 0.0280. The van der Waals surface area contributed by atoms with E-state index in [0.717, 1.165) is 33.7 Å². The van der Waals surface area contributed by atoms with E-state index in [0.29, 0.717) is 24.6 Å². The first-order chi connectivity index (χ1) is 17.4. The molecular weight excluding hydrogens is 470 g/mol. The molecule has 6 nitrogen and oxygen atoms in total. The molecule has 1 atom stereocenters. The minimum Gasteiger partial charge on any atom is -0.497 e. The maximum absolute atomic E-state index is 13.5. The lowest BCUT2D eigenvalue weighted by Crippen LogP contribution is -2.39. The highest BCUT2D eigenvalue weighted by molar-refractivity contribution is 7.80. The Morgan fingerprint density at radius 3 is 2.39 bits per heavy atom. The van der Waals surface area contributed by atoms with Gasteiger partial charge in [0.05, 0.1) is 20.1 Å². The van der Waals surface area contributed by atoms with E-state index in [1.807, 2.05) is 91.5 Å². The third kappa shape index (κ3) is 5.91. The predicted octanol–water partition coefficient (Wildman–Crippen LogP) is 4.88. The number of rotatable bonds is 9. The fraction of sp³-hybridized carbons (Fsp3) is 0.276. The van der Waals surface area contributed by atoms with Crippen molar-refractivity contribution in [1.82, 2.24) is 9.80 Å². The number of nitrogens with zero attached hydrogens (tertiary/aromatic N) is 2. The number of thiocarbonyl (C=S) groups is 1. The highest BCUT2D eigenvalue weighted by atomic mass is 32.1. The number of aryl methyl sites for hydroxylation is 2. The molecule has 1 heterocycles. The molecule has 3 aromatic rings. The molecule has 4 rings (SSSR count). The second-order valence-corrected chi connectivity index (χ2v) is 9.44. The Morgan fingerprint density at radius 2 is 1.72 bits per heavy atom. The molecule has 3 aromatic carbocycles. The van der Waals surface area contributed by atoms with Crippen molar-refractivity contribution >= 4 is 34.8 Å². The van der Waals surface area contributed by atoms with Crippen LogP contribution < -0.4 is 10.1 Å². The number of anilines is 1. The van der Waals surface area contributed by atoms with Crippen LogP contribution in [-0.2, 0) is 22.6 Å². The first kappa shape index (κ1) is 25.4. The first-order valence-corrected chi connectivity index (χ1v) is 12.4. The maximum Gasteiger partial charge on any atom is 0.252 e. The summed E-state index contributed by atoms with van der Waals surface area (Å²) in [6, 6.07) is 22.8. The monoisotopic (exact) mass is 501 g/mol. The molecule has 36 heavy (non-hydrogen) atoms. The van der Waals surface area contributed by atoms with E-state index < -0.39 is 6.04 Å². The van der Waals surface area contributed by atoms with Crippen molar-refractivity contribution in [3.8, 4) is 5.75 Å². The lowest BCUT2D eigenvalue weighted by Gasteiger charge is -2.24. The van der Waals surface area contributed by atoms with Crippen LogP contribution in [0.3, 0.4) is 0 Å². The molecule has 1 unspecified atom stereocenters. The van der Waals surface area contributed by atoms with Gasteiger partial charge in [0.1, 0.15) is 11.8 Å². The van der Waals surface area contributed by atoms with Crippen molar-refractivity contribution < 1.29 is 14.3 Å². The maximum atomic E-state index is 13.5. The molecule has 0 radical (unpaired) electrons. The van der Waals surface area contributed by atoms with Crippen molar-refractivity contribution in [3.05, 3.63) is 95.1 Å². The number of hydrogen-bond donors (Lipinski definition) is 1. The van der Waals surface area contributed by atoms with Gasteiger partial charge in [-0.25, -0.2) is 0 Å². The summed E-state index contributed by atoms with van der Waals surface area (Å²) in [5.41, 5.74) is 4.96. The summed E-state index contributed by atoms with van der Waals surface area (Å²) >= 11 is 5.77. The highest BCUT2D eigenvalue weighted by Gasteiger charge is 2.43. The molecule has 1 aliphatic heterocycles. The van der Waals surface area contributed by atoms with Gasteiger partial charge < -0.3 is 15.0 Å². The Morgan fingerprint density at radius 1 is 1.00 bits per heavy atom. The van der Waals surface area contributed by atoms with Crippen molar-refractivity contribution in [2.45, 2.75) is 39.3 Å². The van der Waals surface area contributed by atoms with Gasteiger partial charge in [0.2, 0.25) is 5.91 Å². The zero-order chi connectivity index (χ0) is 25.7. The molecule has 0 aliphatic carbocycles. The van der Waals surface area contributed by atoms with Crippen molar-refractivity contribution in [2.75, 3.05) is 19.0 Å². The summed E-state index contributed by atoms with van der Waals surface area (Å²) in [6.07, 6.45) is 0.714. The number of hydrogen-bond acceptors (Lipinski definition) is 4. The van der Waals surface area contributed by atoms with Crippen LogP contribution in [0.25, 0.3) is 0 Å². The van der Waals surface area contributed by atoms with Crippen LogP contribution in [0.5, 0.6) is 5.75 Å². The van der Waals surface area contributed by atoms with E-state index in [1.165, 1.54) is 0 Å². The van der Waals surface area contributed by atoms with Crippen molar-refractivity contribution in [1.29, 1.82) is 0 Å². The van der Waals surface area contributed by atoms with Crippen molar-refractivity contribution in [3.63, 3.8) is 0 Å². The van der Waals surface area contributed by atoms with E-state index in [1.54, 1.807) is 12.0 Å². The molecule has 1 aliphatic rings. The van der Waals surface area contributed by atoms with Crippen LogP contribution in [0.1, 0.15) is 28.7 Å². The number of nitrogens with one attached hydrogen (secondary N) is 1. The lowest BCUT2D eigenvalue weighted by atomic mass is 10.1. The fourth-order valence-corrected chi connectivity index (χ4v) is 4.80. The van der Waals surface area contributed by atoms with E-state index in [-0.39, 0.29) is 18.2 Å². The second-order valence-electron chi connectivity index (χ2n) is 9.07. The molecule has 1 fully saturated rings. The third-order valence-corrected chi connectivity index (χ3v) is 6.88. The fourth-order valence-electron chi connectivity index (χ4n) is 4.43. The van der Waals surface area contributed by atoms with Gasteiger partial charge in [-0.3, -0.25) is 14.5 Å². The standard InChI is InChI=1S/C29H31N3O3S/c1-20-9-14-25(21(2)17-20)30-27(33)18-26-28(34)32(19-23-7-5-4-6-8-23)29(36)31(26)16-15-22-10-12-24(35-3)13-11-22/h4-14,17,26H,15-16,18-19H2,1-3H3,(H,30,33). The van der Waals surface area contributed by atoms with Gasteiger partial charge in [-0.2, -0.15) is 0 Å². The normalized spacial score (nSPS) is 15.4. The predicted molar refractivity (Wildman–Crippen MR) is 146 cm³/mol. The van der Waals surface area contributed by atoms with E-state index >= 15 is 0 Å². The SMILES string of the molecule is COc1ccc(CCN2C(=S)N(Cc3ccccc3)C(=O)C2CC(=O)Nc2ccc(C)cc2C)cc1. The summed E-state index contributed by atoms with van der Waals surface area (Å²) in [7, 11) is 1.64. The Balaban J connectivity index is 1.51. The molecule has 1 saturated heterocycles. The number of methoxy groups -OCH3 is 1. The van der Waals surface area contributed by atoms with Crippen LogP contribution in [0.2, 0.25) is 0 Å². The van der Waals surface area contributed by atoms with Crippen LogP contribution in [0, 0.1) is 13.8 Å². The largest absolute Gasteiger partial charge is 0.497 e. The zero-order valence-electron chi connectivity index (χ0n) is 20.9. The van der Waals surface area contributed by atoms with Gasteiger partial charge >= 0.3 is 0 Å². The Hall–Kier alpha value is -3.71. The van der Waals surface area contributed by atoms with Crippen LogP contribution in [-0.4, -0.2) is 46.4 Å². The van der Waals surface area contributed by atoms with E-state index in [4.69, 9.17) is 17.0 Å². The van der Waals surface area contributed by atoms with E-state index in [9.17, 15) is 9.59 Å². The molecule has 0 aromatic heterocycles. The van der Waals surface area contributed by atoms with Gasteiger partial charge in [0.25, 0.3) is 5.91 Å². The number of carbonyl (C=O) groups excluding carboxylic acids is 2. The van der Waals surface area contributed by atoms with Crippen LogP contribution in [0.15, 0.2) is 72.8 Å². The van der Waals surface area contributed by atoms with Crippen molar-refractivity contribution in [2.24, 2.45) is 0 Å². The first-order valence-electron chi connectivity index (χ1n) is 12.0. The highest BCUT2D eigenvalue weighted by Crippen LogP contribution is 2.25. The summed E-state index contributed by atoms with van der Waals surface area (Å²) < 4.78 is 5.25. The number of ether oxygens (including phenoxy) is 1. The molecule has 0 spiro atoms. The molecule has 7 heteroatoms. The molecule has 0 saturated carbocycles. The quantitative estimate of drug-likeness (QED) is 0.424. The van der Waals surface area contributed by atoms with Crippen LogP contribution in [0.4, 0.5) is 5.69 Å². The Labute approximate surface area is 217 Å². The molecule has 186 valence electrons. The van der Waals surface area contributed by atoms with Gasteiger partial charge in [0, 0.05) is 12.2 Å². The summed E-state index contributed by atoms with van der Waals surface area (Å²) in [6.45, 7) is 4.89. The zero-order valence-corrected chi connectivity index (χ0v) is 21.7. The van der Waals surface area contributed by atoms with Gasteiger partial charge in [-0.15, -0.1) is 0 Å². The topological polar surface area (TPSA) is 61.9 Å². The van der Waals surface area contributed by atoms with Crippen LogP contribution >= 0.6 is 12.2 Å². The lowest BCUT2D eigenvalue weighted by molar-refractivity contribution is -0.131. The number of carbonyl (C=O) groups is 2. The Kier molecular flexibility index (Phi) is 8.00. The summed E-state index contributed by atoms with van der Waals surface area (Å²) in [4.78, 5) is 30.1. The molecular formula is C29H31N3O3S. The average molecular weight is 502 g/mol. The van der Waals surface area contributed by atoms with Gasteiger partial charge in [-0.05, 0) is 67.4 Å². The minimum atomic E-state index is -0.648. The molecule has 1 N–H and O–H groups in total. The third-order valence-electron chi connectivity index (χ3n) is 6.42.